The summed E-state index contributed by atoms with van der Waals surface area (Å²) in [5, 5.41) is 0.308. The molecule has 132 valence electrons. The predicted octanol–water partition coefficient (Wildman–Crippen LogP) is 5.28. The average Bonchev–Trinajstić information content (AvgIpc) is 2.75. The molecule has 0 aliphatic carbocycles. The predicted molar refractivity (Wildman–Crippen MR) is 93.7 cm³/mol. The van der Waals surface area contributed by atoms with Crippen molar-refractivity contribution in [1.29, 1.82) is 0 Å². The van der Waals surface area contributed by atoms with E-state index < -0.39 is 15.6 Å². The minimum absolute atomic E-state index is 0.308. The van der Waals surface area contributed by atoms with E-state index in [0.29, 0.717) is 15.9 Å². The summed E-state index contributed by atoms with van der Waals surface area (Å²) in [6.45, 7) is 16.5. The second-order valence-electron chi connectivity index (χ2n) is 7.17. The minimum atomic E-state index is -6.00. The maximum absolute atomic E-state index is 9.75. The highest BCUT2D eigenvalue weighted by molar-refractivity contribution is 7.97. The van der Waals surface area contributed by atoms with Gasteiger partial charge in [-0.3, -0.25) is 0 Å². The molecule has 1 heterocycles. The lowest BCUT2D eigenvalue weighted by Crippen LogP contribution is -2.41. The zero-order valence-corrected chi connectivity index (χ0v) is 16.2. The van der Waals surface area contributed by atoms with E-state index in [1.807, 2.05) is 0 Å². The molecule has 0 atom stereocenters. The number of rotatable bonds is 5. The highest BCUT2D eigenvalue weighted by atomic mass is 32.2. The van der Waals surface area contributed by atoms with Crippen LogP contribution in [0.2, 0.25) is 18.1 Å². The molecular formula is C14H29BF4OSSi. The van der Waals surface area contributed by atoms with Gasteiger partial charge in [0.1, 0.15) is 17.3 Å². The van der Waals surface area contributed by atoms with Crippen molar-refractivity contribution in [2.75, 3.05) is 23.9 Å². The van der Waals surface area contributed by atoms with Gasteiger partial charge in [0.15, 0.2) is 8.32 Å². The molecular weight excluding hydrogens is 331 g/mol. The molecule has 8 heteroatoms. The number of hydrogen-bond acceptors (Lipinski definition) is 1. The molecule has 0 unspecified atom stereocenters. The Hall–Kier alpha value is 0.0518. The van der Waals surface area contributed by atoms with Crippen molar-refractivity contribution in [1.82, 2.24) is 0 Å². The fourth-order valence-electron chi connectivity index (χ4n) is 1.69. The normalized spacial score (nSPS) is 17.1. The molecule has 0 spiro atoms. The molecule has 1 fully saturated rings. The van der Waals surface area contributed by atoms with Gasteiger partial charge in [-0.1, -0.05) is 27.4 Å². The Morgan fingerprint density at radius 2 is 1.55 bits per heavy atom. The summed E-state index contributed by atoms with van der Waals surface area (Å²) >= 11 is 0. The van der Waals surface area contributed by atoms with Crippen LogP contribution in [0.3, 0.4) is 0 Å². The number of halogens is 4. The zero-order chi connectivity index (χ0) is 17.6. The van der Waals surface area contributed by atoms with Crippen LogP contribution in [0, 0.1) is 0 Å². The van der Waals surface area contributed by atoms with Crippen LogP contribution < -0.4 is 0 Å². The number of hydrogen-bond donors (Lipinski definition) is 0. The molecule has 1 aliphatic rings. The van der Waals surface area contributed by atoms with Gasteiger partial charge >= 0.3 is 7.25 Å². The van der Waals surface area contributed by atoms with E-state index in [2.05, 4.69) is 40.4 Å². The second kappa shape index (κ2) is 8.78. The van der Waals surface area contributed by atoms with E-state index in [1.165, 1.54) is 35.7 Å². The van der Waals surface area contributed by atoms with Crippen LogP contribution in [0.15, 0.2) is 12.2 Å². The summed E-state index contributed by atoms with van der Waals surface area (Å²) in [7, 11) is -6.95. The fraction of sp³-hybridized carbons (Fsp3) is 0.857. The molecule has 0 aromatic carbocycles. The standard InChI is InChI=1S/C14H29OSSi.BF4/c1-13(12-16-9-7-8-10-16)11-15-17(5,6)14(2,3)4;2-1(3,4)5/h1,7-12H2,2-6H3;/q+1;-1. The van der Waals surface area contributed by atoms with Crippen LogP contribution in [0.4, 0.5) is 17.3 Å². The summed E-state index contributed by atoms with van der Waals surface area (Å²) in [5.41, 5.74) is 1.32. The van der Waals surface area contributed by atoms with E-state index in [9.17, 15) is 17.3 Å². The van der Waals surface area contributed by atoms with Crippen molar-refractivity contribution >= 4 is 26.5 Å². The molecule has 1 aliphatic heterocycles. The summed E-state index contributed by atoms with van der Waals surface area (Å²) in [6, 6.07) is 0. The maximum Gasteiger partial charge on any atom is 0.673 e. The average molecular weight is 360 g/mol. The van der Waals surface area contributed by atoms with Crippen molar-refractivity contribution in [3.8, 4) is 0 Å². The summed E-state index contributed by atoms with van der Waals surface area (Å²) in [6.07, 6.45) is 2.86. The molecule has 0 aromatic rings. The largest absolute Gasteiger partial charge is 0.673 e. The van der Waals surface area contributed by atoms with Gasteiger partial charge < -0.3 is 21.7 Å². The summed E-state index contributed by atoms with van der Waals surface area (Å²) in [4.78, 5) is 0. The van der Waals surface area contributed by atoms with E-state index >= 15 is 0 Å². The van der Waals surface area contributed by atoms with Crippen LogP contribution in [0.25, 0.3) is 0 Å². The zero-order valence-electron chi connectivity index (χ0n) is 14.4. The van der Waals surface area contributed by atoms with Crippen molar-refractivity contribution in [3.05, 3.63) is 12.2 Å². The first-order valence-corrected chi connectivity index (χ1v) is 12.2. The second-order valence-corrected chi connectivity index (χ2v) is 14.3. The Morgan fingerprint density at radius 1 is 1.14 bits per heavy atom. The quantitative estimate of drug-likeness (QED) is 0.281. The van der Waals surface area contributed by atoms with Gasteiger partial charge in [-0.05, 0) is 47.4 Å². The van der Waals surface area contributed by atoms with Gasteiger partial charge in [0.25, 0.3) is 0 Å². The van der Waals surface area contributed by atoms with E-state index in [4.69, 9.17) is 4.43 Å². The summed E-state index contributed by atoms with van der Waals surface area (Å²) in [5.74, 6) is 4.08. The van der Waals surface area contributed by atoms with Crippen molar-refractivity contribution in [2.45, 2.75) is 51.7 Å². The highest BCUT2D eigenvalue weighted by Gasteiger charge is 2.37. The van der Waals surface area contributed by atoms with Gasteiger partial charge in [-0.15, -0.1) is 0 Å². The molecule has 1 saturated heterocycles. The third-order valence-corrected chi connectivity index (χ3v) is 11.0. The van der Waals surface area contributed by atoms with E-state index in [0.717, 1.165) is 6.61 Å². The molecule has 0 radical (unpaired) electrons. The topological polar surface area (TPSA) is 9.23 Å². The Balaban J connectivity index is 0.000000763. The maximum atomic E-state index is 9.75. The van der Waals surface area contributed by atoms with Crippen LogP contribution in [0.1, 0.15) is 33.6 Å². The monoisotopic (exact) mass is 360 g/mol. The van der Waals surface area contributed by atoms with Crippen LogP contribution in [-0.2, 0) is 15.3 Å². The Labute approximate surface area is 136 Å². The minimum Gasteiger partial charge on any atom is -0.418 e. The van der Waals surface area contributed by atoms with Crippen molar-refractivity contribution in [2.24, 2.45) is 0 Å². The van der Waals surface area contributed by atoms with Gasteiger partial charge in [0.2, 0.25) is 0 Å². The first-order valence-electron chi connectivity index (χ1n) is 7.54. The SMILES string of the molecule is C=C(CO[Si](C)(C)C(C)(C)C)C[S+]1CCCC1.F[B-](F)(F)F. The third kappa shape index (κ3) is 10.7. The van der Waals surface area contributed by atoms with Crippen molar-refractivity contribution in [3.63, 3.8) is 0 Å². The van der Waals surface area contributed by atoms with Crippen LogP contribution in [0.5, 0.6) is 0 Å². The molecule has 0 saturated carbocycles. The molecule has 22 heavy (non-hydrogen) atoms. The smallest absolute Gasteiger partial charge is 0.418 e. The van der Waals surface area contributed by atoms with E-state index in [-0.39, 0.29) is 0 Å². The fourth-order valence-corrected chi connectivity index (χ4v) is 5.06. The molecule has 0 N–H and O–H groups in total. The Kier molecular flexibility index (Phi) is 8.80. The lowest BCUT2D eigenvalue weighted by molar-refractivity contribution is 0.319. The Bertz CT molecular complexity index is 344. The third-order valence-electron chi connectivity index (χ3n) is 3.97. The molecule has 1 rings (SSSR count). The van der Waals surface area contributed by atoms with E-state index in [1.54, 1.807) is 0 Å². The summed E-state index contributed by atoms with van der Waals surface area (Å²) < 4.78 is 45.2. The first kappa shape index (κ1) is 22.1. The first-order chi connectivity index (χ1) is 9.72. The van der Waals surface area contributed by atoms with Crippen LogP contribution in [-0.4, -0.2) is 39.4 Å². The molecule has 1 nitrogen and oxygen atoms in total. The van der Waals surface area contributed by atoms with Crippen LogP contribution >= 0.6 is 0 Å². The molecule has 0 amide bonds. The van der Waals surface area contributed by atoms with Gasteiger partial charge in [0.05, 0.1) is 6.61 Å². The van der Waals surface area contributed by atoms with Crippen molar-refractivity contribution < 1.29 is 21.7 Å². The lowest BCUT2D eigenvalue weighted by Gasteiger charge is -2.36. The molecule has 0 bridgehead atoms. The highest BCUT2D eigenvalue weighted by Crippen LogP contribution is 2.36. The molecule has 0 aromatic heterocycles. The van der Waals surface area contributed by atoms with Gasteiger partial charge in [-0.2, -0.15) is 0 Å². The van der Waals surface area contributed by atoms with Gasteiger partial charge in [-0.25, -0.2) is 0 Å². The lowest BCUT2D eigenvalue weighted by atomic mass is 10.2. The van der Waals surface area contributed by atoms with Gasteiger partial charge in [0, 0.05) is 0 Å². The Morgan fingerprint density at radius 3 is 1.91 bits per heavy atom.